The second kappa shape index (κ2) is 5.88. The minimum Gasteiger partial charge on any atom is -0.468 e. The monoisotopic (exact) mass is 277 g/mol. The van der Waals surface area contributed by atoms with E-state index in [9.17, 15) is 18.4 Å². The van der Waals surface area contributed by atoms with E-state index >= 15 is 0 Å². The number of hydrogen-bond acceptors (Lipinski definition) is 4. The average Bonchev–Trinajstić information content (AvgIpc) is 2.35. The number of hydrogen-bond donors (Lipinski definition) is 1. The van der Waals surface area contributed by atoms with Gasteiger partial charge in [0, 0.05) is 0 Å². The van der Waals surface area contributed by atoms with Crippen molar-refractivity contribution >= 4 is 23.4 Å². The van der Waals surface area contributed by atoms with Crippen molar-refractivity contribution in [3.63, 3.8) is 0 Å². The van der Waals surface area contributed by atoms with E-state index in [0.29, 0.717) is 0 Å². The van der Waals surface area contributed by atoms with Crippen LogP contribution in [0, 0.1) is 11.6 Å². The summed E-state index contributed by atoms with van der Waals surface area (Å²) < 4.78 is 31.0. The first-order chi connectivity index (χ1) is 8.40. The molecule has 2 atom stereocenters. The van der Waals surface area contributed by atoms with E-state index in [4.69, 9.17) is 17.3 Å². The Morgan fingerprint density at radius 1 is 1.33 bits per heavy atom. The maximum Gasteiger partial charge on any atom is 0.324 e. The molecule has 0 bridgehead atoms. The summed E-state index contributed by atoms with van der Waals surface area (Å²) in [5.74, 6) is -4.18. The molecule has 0 radical (unpaired) electrons. The molecule has 7 heteroatoms. The van der Waals surface area contributed by atoms with Gasteiger partial charge < -0.3 is 10.5 Å². The van der Waals surface area contributed by atoms with Crippen LogP contribution in [0.5, 0.6) is 0 Å². The molecule has 98 valence electrons. The maximum absolute atomic E-state index is 13.3. The number of benzene rings is 1. The molecule has 0 aliphatic heterocycles. The number of methoxy groups -OCH3 is 1. The third-order valence-electron chi connectivity index (χ3n) is 2.25. The van der Waals surface area contributed by atoms with Crippen LogP contribution in [0.1, 0.15) is 10.4 Å². The van der Waals surface area contributed by atoms with Crippen LogP contribution in [0.15, 0.2) is 18.2 Å². The summed E-state index contributed by atoms with van der Waals surface area (Å²) in [4.78, 5) is 22.8. The highest BCUT2D eigenvalue weighted by Gasteiger charge is 2.33. The summed E-state index contributed by atoms with van der Waals surface area (Å²) in [7, 11) is 1.06. The minimum atomic E-state index is -1.61. The van der Waals surface area contributed by atoms with Crippen molar-refractivity contribution in [2.75, 3.05) is 7.11 Å². The van der Waals surface area contributed by atoms with E-state index in [1.807, 2.05) is 0 Å². The van der Waals surface area contributed by atoms with Crippen molar-refractivity contribution < 1.29 is 23.1 Å². The summed E-state index contributed by atoms with van der Waals surface area (Å²) in [6, 6.07) is 1.42. The van der Waals surface area contributed by atoms with Crippen LogP contribution in [0.4, 0.5) is 8.78 Å². The average molecular weight is 278 g/mol. The molecule has 1 rings (SSSR count). The second-order valence-corrected chi connectivity index (χ2v) is 3.88. The Morgan fingerprint density at radius 2 is 1.83 bits per heavy atom. The van der Waals surface area contributed by atoms with Gasteiger partial charge in [-0.05, 0) is 12.1 Å². The number of ketones is 1. The molecule has 0 spiro atoms. The lowest BCUT2D eigenvalue weighted by Gasteiger charge is -2.15. The fourth-order valence-corrected chi connectivity index (χ4v) is 1.50. The van der Waals surface area contributed by atoms with Crippen LogP contribution >= 0.6 is 11.6 Å². The van der Waals surface area contributed by atoms with Gasteiger partial charge in [0.25, 0.3) is 0 Å². The molecular formula is C11H10ClF2NO3. The Hall–Kier alpha value is -1.53. The highest BCUT2D eigenvalue weighted by Crippen LogP contribution is 2.18. The summed E-state index contributed by atoms with van der Waals surface area (Å²) in [5, 5.41) is -1.61. The van der Waals surface area contributed by atoms with Crippen LogP contribution in [0.25, 0.3) is 0 Å². The molecule has 4 nitrogen and oxygen atoms in total. The third kappa shape index (κ3) is 2.83. The van der Waals surface area contributed by atoms with Gasteiger partial charge >= 0.3 is 5.97 Å². The highest BCUT2D eigenvalue weighted by atomic mass is 35.5. The number of Topliss-reactive ketones (excluding diaryl/α,β-unsaturated/α-hetero) is 1. The first-order valence-corrected chi connectivity index (χ1v) is 5.29. The number of esters is 1. The molecule has 0 saturated heterocycles. The van der Waals surface area contributed by atoms with E-state index in [0.717, 1.165) is 25.3 Å². The molecule has 0 aliphatic carbocycles. The molecule has 18 heavy (non-hydrogen) atoms. The predicted molar refractivity (Wildman–Crippen MR) is 60.3 cm³/mol. The zero-order chi connectivity index (χ0) is 13.9. The summed E-state index contributed by atoms with van der Waals surface area (Å²) in [6.07, 6.45) is 0. The number of carbonyl (C=O) groups excluding carboxylic acids is 2. The van der Waals surface area contributed by atoms with Crippen molar-refractivity contribution in [2.24, 2.45) is 5.73 Å². The molecule has 1 aromatic carbocycles. The van der Waals surface area contributed by atoms with Crippen molar-refractivity contribution in [3.8, 4) is 0 Å². The van der Waals surface area contributed by atoms with E-state index in [2.05, 4.69) is 4.74 Å². The van der Waals surface area contributed by atoms with Gasteiger partial charge in [-0.1, -0.05) is 6.07 Å². The number of ether oxygens (including phenoxy) is 1. The lowest BCUT2D eigenvalue weighted by atomic mass is 10.0. The molecule has 0 amide bonds. The molecule has 0 saturated carbocycles. The van der Waals surface area contributed by atoms with Crippen LogP contribution in [0.3, 0.4) is 0 Å². The Bertz CT molecular complexity index is 461. The molecule has 0 heterocycles. The van der Waals surface area contributed by atoms with Gasteiger partial charge in [0.2, 0.25) is 0 Å². The predicted octanol–water partition coefficient (Wildman–Crippen LogP) is 1.26. The zero-order valence-electron chi connectivity index (χ0n) is 9.32. The summed E-state index contributed by atoms with van der Waals surface area (Å²) >= 11 is 5.63. The van der Waals surface area contributed by atoms with Gasteiger partial charge in [0.1, 0.15) is 23.1 Å². The molecule has 0 aliphatic rings. The second-order valence-electron chi connectivity index (χ2n) is 3.41. The molecule has 1 aromatic rings. The number of rotatable bonds is 4. The Balaban J connectivity index is 3.04. The minimum absolute atomic E-state index is 0.822. The van der Waals surface area contributed by atoms with Crippen LogP contribution in [-0.2, 0) is 9.53 Å². The maximum atomic E-state index is 13.3. The highest BCUT2D eigenvalue weighted by molar-refractivity contribution is 6.35. The quantitative estimate of drug-likeness (QED) is 0.511. The summed E-state index contributed by atoms with van der Waals surface area (Å²) in [6.45, 7) is 0. The molecule has 2 unspecified atom stereocenters. The number of halogens is 3. The van der Waals surface area contributed by atoms with Crippen molar-refractivity contribution in [3.05, 3.63) is 35.4 Å². The third-order valence-corrected chi connectivity index (χ3v) is 2.72. The first kappa shape index (κ1) is 14.5. The van der Waals surface area contributed by atoms with Crippen LogP contribution < -0.4 is 5.73 Å². The smallest absolute Gasteiger partial charge is 0.324 e. The first-order valence-electron chi connectivity index (χ1n) is 4.85. The fourth-order valence-electron chi connectivity index (χ4n) is 1.29. The van der Waals surface area contributed by atoms with Crippen LogP contribution in [0.2, 0.25) is 0 Å². The fraction of sp³-hybridized carbons (Fsp3) is 0.273. The lowest BCUT2D eigenvalue weighted by Crippen LogP contribution is -2.44. The standard InChI is InChI=1S/C11H10ClF2NO3/c1-18-11(17)9(15)8(12)10(16)7-5(13)3-2-4-6(7)14/h2-4,8-9H,15H2,1H3. The van der Waals surface area contributed by atoms with E-state index < -0.39 is 40.4 Å². The van der Waals surface area contributed by atoms with E-state index in [1.165, 1.54) is 0 Å². The lowest BCUT2D eigenvalue weighted by molar-refractivity contribution is -0.142. The van der Waals surface area contributed by atoms with Gasteiger partial charge in [-0.25, -0.2) is 8.78 Å². The molecule has 0 aromatic heterocycles. The number of carbonyl (C=O) groups is 2. The van der Waals surface area contributed by atoms with Crippen molar-refractivity contribution in [2.45, 2.75) is 11.4 Å². The normalized spacial score (nSPS) is 13.8. The Morgan fingerprint density at radius 3 is 2.28 bits per heavy atom. The van der Waals surface area contributed by atoms with Gasteiger partial charge in [0.05, 0.1) is 12.7 Å². The van der Waals surface area contributed by atoms with Crippen LogP contribution in [-0.4, -0.2) is 30.3 Å². The number of alkyl halides is 1. The zero-order valence-corrected chi connectivity index (χ0v) is 10.1. The number of nitrogens with two attached hydrogens (primary N) is 1. The Kier molecular flexibility index (Phi) is 4.75. The summed E-state index contributed by atoms with van der Waals surface area (Å²) in [5.41, 5.74) is 4.52. The van der Waals surface area contributed by atoms with Gasteiger partial charge in [-0.3, -0.25) is 9.59 Å². The van der Waals surface area contributed by atoms with Crippen molar-refractivity contribution in [1.29, 1.82) is 0 Å². The molecule has 2 N–H and O–H groups in total. The largest absolute Gasteiger partial charge is 0.468 e. The Labute approximate surface area is 107 Å². The van der Waals surface area contributed by atoms with E-state index in [-0.39, 0.29) is 0 Å². The van der Waals surface area contributed by atoms with Gasteiger partial charge in [0.15, 0.2) is 5.78 Å². The van der Waals surface area contributed by atoms with Gasteiger partial charge in [-0.15, -0.1) is 11.6 Å². The molecular weight excluding hydrogens is 268 g/mol. The van der Waals surface area contributed by atoms with Crippen molar-refractivity contribution in [1.82, 2.24) is 0 Å². The van der Waals surface area contributed by atoms with Gasteiger partial charge in [-0.2, -0.15) is 0 Å². The molecule has 0 fully saturated rings. The SMILES string of the molecule is COC(=O)C(N)C(Cl)C(=O)c1c(F)cccc1F. The topological polar surface area (TPSA) is 69.4 Å². The van der Waals surface area contributed by atoms with E-state index in [1.54, 1.807) is 0 Å².